The number of hydrogen-bond donors (Lipinski definition) is 3. The lowest BCUT2D eigenvalue weighted by atomic mass is 10.1. The fourth-order valence-electron chi connectivity index (χ4n) is 2.28. The maximum absolute atomic E-state index is 11.9. The van der Waals surface area contributed by atoms with Crippen molar-refractivity contribution in [3.8, 4) is 5.75 Å². The lowest BCUT2D eigenvalue weighted by Crippen LogP contribution is -2.26. The van der Waals surface area contributed by atoms with Gasteiger partial charge in [-0.1, -0.05) is 6.07 Å². The number of H-pyrrole nitrogens is 1. The number of hydrogen-bond acceptors (Lipinski definition) is 3. The van der Waals surface area contributed by atoms with E-state index < -0.39 is 0 Å². The molecule has 2 heterocycles. The van der Waals surface area contributed by atoms with Crippen molar-refractivity contribution in [2.45, 2.75) is 6.42 Å². The van der Waals surface area contributed by atoms with E-state index in [9.17, 15) is 9.90 Å². The van der Waals surface area contributed by atoms with Crippen molar-refractivity contribution in [1.82, 2.24) is 15.3 Å². The zero-order valence-corrected chi connectivity index (χ0v) is 11.3. The van der Waals surface area contributed by atoms with Crippen LogP contribution in [0.1, 0.15) is 16.1 Å². The molecule has 3 aromatic rings. The summed E-state index contributed by atoms with van der Waals surface area (Å²) in [6.45, 7) is 0.531. The van der Waals surface area contributed by atoms with Gasteiger partial charge in [0, 0.05) is 35.9 Å². The summed E-state index contributed by atoms with van der Waals surface area (Å²) < 4.78 is 0. The molecule has 0 atom stereocenters. The first-order valence-corrected chi connectivity index (χ1v) is 6.72. The van der Waals surface area contributed by atoms with Gasteiger partial charge in [0.25, 0.3) is 5.91 Å². The quantitative estimate of drug-likeness (QED) is 0.686. The third kappa shape index (κ3) is 2.86. The molecule has 106 valence electrons. The Hall–Kier alpha value is -2.82. The Morgan fingerprint density at radius 3 is 3.00 bits per heavy atom. The minimum atomic E-state index is -0.173. The van der Waals surface area contributed by atoms with Crippen LogP contribution in [0, 0.1) is 0 Å². The van der Waals surface area contributed by atoms with Gasteiger partial charge in [0.15, 0.2) is 0 Å². The van der Waals surface area contributed by atoms with Crippen LogP contribution in [0.15, 0.2) is 48.8 Å². The van der Waals surface area contributed by atoms with E-state index in [2.05, 4.69) is 15.3 Å². The minimum Gasteiger partial charge on any atom is -0.508 e. The average Bonchev–Trinajstić information content (AvgIpc) is 2.90. The molecule has 1 aromatic carbocycles. The van der Waals surface area contributed by atoms with Crippen LogP contribution in [0.4, 0.5) is 0 Å². The van der Waals surface area contributed by atoms with Gasteiger partial charge in [0.2, 0.25) is 0 Å². The number of carbonyl (C=O) groups excluding carboxylic acids is 1. The van der Waals surface area contributed by atoms with E-state index in [1.54, 1.807) is 36.5 Å². The van der Waals surface area contributed by atoms with E-state index in [-0.39, 0.29) is 11.7 Å². The van der Waals surface area contributed by atoms with Crippen molar-refractivity contribution in [1.29, 1.82) is 0 Å². The highest BCUT2D eigenvalue weighted by Gasteiger charge is 2.07. The summed E-state index contributed by atoms with van der Waals surface area (Å²) in [6.07, 6.45) is 4.21. The lowest BCUT2D eigenvalue weighted by Gasteiger charge is -2.04. The topological polar surface area (TPSA) is 78.0 Å². The number of aromatic amines is 1. The van der Waals surface area contributed by atoms with Gasteiger partial charge < -0.3 is 15.4 Å². The normalized spacial score (nSPS) is 10.7. The van der Waals surface area contributed by atoms with Crippen molar-refractivity contribution in [3.05, 3.63) is 60.0 Å². The monoisotopic (exact) mass is 281 g/mol. The van der Waals surface area contributed by atoms with Crippen LogP contribution in [-0.4, -0.2) is 27.5 Å². The van der Waals surface area contributed by atoms with Gasteiger partial charge in [-0.3, -0.25) is 9.78 Å². The van der Waals surface area contributed by atoms with E-state index in [1.807, 2.05) is 12.3 Å². The molecular formula is C16H15N3O2. The Kier molecular flexibility index (Phi) is 3.55. The molecule has 0 unspecified atom stereocenters. The van der Waals surface area contributed by atoms with E-state index in [0.717, 1.165) is 16.5 Å². The number of aromatic nitrogens is 2. The Morgan fingerprint density at radius 2 is 2.19 bits per heavy atom. The van der Waals surface area contributed by atoms with Crippen LogP contribution >= 0.6 is 0 Å². The molecule has 3 rings (SSSR count). The minimum absolute atomic E-state index is 0.173. The molecule has 0 aliphatic carbocycles. The Morgan fingerprint density at radius 1 is 1.29 bits per heavy atom. The maximum Gasteiger partial charge on any atom is 0.269 e. The predicted molar refractivity (Wildman–Crippen MR) is 80.2 cm³/mol. The summed E-state index contributed by atoms with van der Waals surface area (Å²) in [5.74, 6) is 0.0624. The number of aromatic hydroxyl groups is 1. The number of phenols is 1. The molecular weight excluding hydrogens is 266 g/mol. The molecule has 3 N–H and O–H groups in total. The fraction of sp³-hybridized carbons (Fsp3) is 0.125. The summed E-state index contributed by atoms with van der Waals surface area (Å²) in [4.78, 5) is 19.0. The molecule has 1 amide bonds. The number of phenolic OH excluding ortho intramolecular Hbond substituents is 1. The number of fused-ring (bicyclic) bond motifs is 1. The zero-order chi connectivity index (χ0) is 14.7. The first-order valence-electron chi connectivity index (χ1n) is 6.72. The van der Waals surface area contributed by atoms with Gasteiger partial charge in [0.1, 0.15) is 11.4 Å². The van der Waals surface area contributed by atoms with Gasteiger partial charge in [-0.2, -0.15) is 0 Å². The largest absolute Gasteiger partial charge is 0.508 e. The van der Waals surface area contributed by atoms with Crippen molar-refractivity contribution >= 4 is 16.8 Å². The number of nitrogens with one attached hydrogen (secondary N) is 2. The second-order valence-corrected chi connectivity index (χ2v) is 4.76. The summed E-state index contributed by atoms with van der Waals surface area (Å²) in [5.41, 5.74) is 2.41. The number of pyridine rings is 1. The molecule has 0 aliphatic rings. The van der Waals surface area contributed by atoms with Crippen LogP contribution in [0.2, 0.25) is 0 Å². The summed E-state index contributed by atoms with van der Waals surface area (Å²) in [6, 6.07) is 10.5. The second kappa shape index (κ2) is 5.66. The summed E-state index contributed by atoms with van der Waals surface area (Å²) >= 11 is 0. The molecule has 21 heavy (non-hydrogen) atoms. The second-order valence-electron chi connectivity index (χ2n) is 4.76. The molecule has 0 spiro atoms. The first-order chi connectivity index (χ1) is 10.2. The highest BCUT2D eigenvalue weighted by atomic mass is 16.3. The number of nitrogens with zero attached hydrogens (tertiary/aromatic N) is 1. The SMILES string of the molecule is O=C(NCCc1c[nH]c2cc(O)ccc12)c1ccccn1. The number of rotatable bonds is 4. The highest BCUT2D eigenvalue weighted by molar-refractivity contribution is 5.92. The van der Waals surface area contributed by atoms with Crippen molar-refractivity contribution in [2.24, 2.45) is 0 Å². The highest BCUT2D eigenvalue weighted by Crippen LogP contribution is 2.22. The maximum atomic E-state index is 11.9. The van der Waals surface area contributed by atoms with Gasteiger partial charge in [-0.05, 0) is 36.2 Å². The third-order valence-corrected chi connectivity index (χ3v) is 3.33. The van der Waals surface area contributed by atoms with E-state index in [1.165, 1.54) is 0 Å². The van der Waals surface area contributed by atoms with E-state index in [4.69, 9.17) is 0 Å². The molecule has 5 heteroatoms. The number of amides is 1. The van der Waals surface area contributed by atoms with Crippen LogP contribution < -0.4 is 5.32 Å². The van der Waals surface area contributed by atoms with Crippen molar-refractivity contribution in [2.75, 3.05) is 6.54 Å². The van der Waals surface area contributed by atoms with Crippen molar-refractivity contribution in [3.63, 3.8) is 0 Å². The van der Waals surface area contributed by atoms with E-state index in [0.29, 0.717) is 18.7 Å². The average molecular weight is 281 g/mol. The predicted octanol–water partition coefficient (Wildman–Crippen LogP) is 2.24. The molecule has 5 nitrogen and oxygen atoms in total. The van der Waals surface area contributed by atoms with Crippen LogP contribution in [0.5, 0.6) is 5.75 Å². The molecule has 0 bridgehead atoms. The molecule has 0 saturated heterocycles. The third-order valence-electron chi connectivity index (χ3n) is 3.33. The molecule has 0 radical (unpaired) electrons. The Balaban J connectivity index is 1.63. The van der Waals surface area contributed by atoms with Gasteiger partial charge in [0.05, 0.1) is 0 Å². The smallest absolute Gasteiger partial charge is 0.269 e. The van der Waals surface area contributed by atoms with Crippen LogP contribution in [-0.2, 0) is 6.42 Å². The number of carbonyl (C=O) groups is 1. The van der Waals surface area contributed by atoms with Crippen molar-refractivity contribution < 1.29 is 9.90 Å². The zero-order valence-electron chi connectivity index (χ0n) is 11.3. The summed E-state index contributed by atoms with van der Waals surface area (Å²) in [7, 11) is 0. The summed E-state index contributed by atoms with van der Waals surface area (Å²) in [5, 5.41) is 13.3. The standard InChI is InChI=1S/C16H15N3O2/c20-12-4-5-13-11(10-19-15(13)9-12)6-8-18-16(21)14-3-1-2-7-17-14/h1-5,7,9-10,19-20H,6,8H2,(H,18,21). The van der Waals surface area contributed by atoms with Gasteiger partial charge in [-0.25, -0.2) is 0 Å². The Bertz CT molecular complexity index is 766. The van der Waals surface area contributed by atoms with Gasteiger partial charge >= 0.3 is 0 Å². The van der Waals surface area contributed by atoms with Crippen LogP contribution in [0.3, 0.4) is 0 Å². The molecule has 0 aliphatic heterocycles. The fourth-order valence-corrected chi connectivity index (χ4v) is 2.28. The lowest BCUT2D eigenvalue weighted by molar-refractivity contribution is 0.0949. The van der Waals surface area contributed by atoms with Gasteiger partial charge in [-0.15, -0.1) is 0 Å². The molecule has 0 saturated carbocycles. The van der Waals surface area contributed by atoms with Crippen LogP contribution in [0.25, 0.3) is 10.9 Å². The number of benzene rings is 1. The van der Waals surface area contributed by atoms with E-state index >= 15 is 0 Å². The molecule has 2 aromatic heterocycles. The Labute approximate surface area is 121 Å². The molecule has 0 fully saturated rings. The first kappa shape index (κ1) is 13.2.